The first kappa shape index (κ1) is 66.4. The standard InChI is InChI=1S/C57H93N7O15/c1-13-39(6)52(44(73-11)36-47(67)62-26-19-22-43(62)53(74-12)41(8)54(69)59-50(40(7)42-20-15-14-16-21-42)57(72)63-27-17-18-29-78-63)61(10)56(71)49(37(2)3)58-55(70)51(38(4)5)60(9)28-31-76-33-35-77-34-32-75-30-25-48(68)79-64-45(65)23-24-46(64)66/h14-16,20-21,37-41,43-44,49-53H,13,17-19,22-36H2,1-12H3,(H,58,70)(H,59,69)/t39-,40-,41+,43-,44+,49-,50-,51-,52-,53+/m0/s1. The minimum Gasteiger partial charge on any atom is -0.379 e. The maximum Gasteiger partial charge on any atom is 0.335 e. The Morgan fingerprint density at radius 1 is 0.747 bits per heavy atom. The molecule has 2 N–H and O–H groups in total. The average Bonchev–Trinajstić information content (AvgIpc) is 4.07. The Kier molecular flexibility index (Phi) is 28.2. The topological polar surface area (TPSA) is 241 Å². The highest BCUT2D eigenvalue weighted by molar-refractivity contribution is 6.01. The third-order valence-electron chi connectivity index (χ3n) is 15.5. The lowest BCUT2D eigenvalue weighted by atomic mass is 9.89. The second-order valence-corrected chi connectivity index (χ2v) is 21.8. The van der Waals surface area contributed by atoms with Gasteiger partial charge >= 0.3 is 5.97 Å². The summed E-state index contributed by atoms with van der Waals surface area (Å²) in [5.74, 6) is -4.95. The van der Waals surface area contributed by atoms with Gasteiger partial charge in [-0.05, 0) is 56.0 Å². The van der Waals surface area contributed by atoms with Gasteiger partial charge in [0, 0.05) is 59.7 Å². The monoisotopic (exact) mass is 1120 g/mol. The highest BCUT2D eigenvalue weighted by atomic mass is 16.7. The Morgan fingerprint density at radius 3 is 1.94 bits per heavy atom. The van der Waals surface area contributed by atoms with Crippen LogP contribution in [0.25, 0.3) is 0 Å². The van der Waals surface area contributed by atoms with E-state index in [0.717, 1.165) is 18.4 Å². The summed E-state index contributed by atoms with van der Waals surface area (Å²) in [5, 5.41) is 8.01. The Bertz CT molecular complexity index is 2100. The van der Waals surface area contributed by atoms with Crippen molar-refractivity contribution in [2.24, 2.45) is 23.7 Å². The first-order chi connectivity index (χ1) is 37.7. The molecule has 1 aromatic carbocycles. The summed E-state index contributed by atoms with van der Waals surface area (Å²) >= 11 is 0. The molecule has 22 nitrogen and oxygen atoms in total. The van der Waals surface area contributed by atoms with Gasteiger partial charge in [0.2, 0.25) is 23.6 Å². The first-order valence-electron chi connectivity index (χ1n) is 28.4. The fourth-order valence-corrected chi connectivity index (χ4v) is 10.7. The molecule has 3 aliphatic heterocycles. The van der Waals surface area contributed by atoms with Crippen LogP contribution in [0, 0.1) is 23.7 Å². The van der Waals surface area contributed by atoms with E-state index in [2.05, 4.69) is 10.6 Å². The maximum atomic E-state index is 14.7. The number of nitrogens with one attached hydrogen (secondary N) is 2. The number of ether oxygens (including phenoxy) is 5. The highest BCUT2D eigenvalue weighted by Gasteiger charge is 2.44. The molecule has 3 saturated heterocycles. The predicted molar refractivity (Wildman–Crippen MR) is 292 cm³/mol. The molecule has 0 aromatic heterocycles. The molecule has 3 aliphatic rings. The smallest absolute Gasteiger partial charge is 0.335 e. The third kappa shape index (κ3) is 19.3. The van der Waals surface area contributed by atoms with E-state index in [-0.39, 0.29) is 112 Å². The van der Waals surface area contributed by atoms with Crippen LogP contribution in [0.3, 0.4) is 0 Å². The van der Waals surface area contributed by atoms with Crippen molar-refractivity contribution in [2.75, 3.05) is 94.2 Å². The number of hydrogen-bond acceptors (Lipinski definition) is 16. The number of rotatable bonds is 34. The second-order valence-electron chi connectivity index (χ2n) is 21.8. The molecule has 1 aromatic rings. The normalized spacial score (nSPS) is 19.4. The van der Waals surface area contributed by atoms with Gasteiger partial charge in [-0.2, -0.15) is 0 Å². The molecular weight excluding hydrogens is 1020 g/mol. The molecule has 3 fully saturated rings. The van der Waals surface area contributed by atoms with Crippen molar-refractivity contribution in [3.63, 3.8) is 0 Å². The summed E-state index contributed by atoms with van der Waals surface area (Å²) < 4.78 is 28.9. The lowest BCUT2D eigenvalue weighted by Gasteiger charge is -2.41. The van der Waals surface area contributed by atoms with Crippen molar-refractivity contribution >= 4 is 47.3 Å². The van der Waals surface area contributed by atoms with Gasteiger partial charge in [0.15, 0.2) is 0 Å². The van der Waals surface area contributed by atoms with Crippen LogP contribution in [-0.4, -0.2) is 209 Å². The lowest BCUT2D eigenvalue weighted by Crippen LogP contribution is -2.60. The van der Waals surface area contributed by atoms with Crippen molar-refractivity contribution in [1.29, 1.82) is 0 Å². The van der Waals surface area contributed by atoms with Gasteiger partial charge in [0.25, 0.3) is 17.7 Å². The second kappa shape index (κ2) is 33.6. The molecule has 7 amide bonds. The SMILES string of the molecule is CC[C@H](C)[C@@H]([C@@H](CC(=O)N1CCC[C@H]1[C@H](OC)[C@@H](C)C(=O)N[C@H](C(=O)N1CCCCO1)[C@@H](C)c1ccccc1)OC)N(C)C(=O)[C@@H](NC(=O)[C@H](C(C)C)N(C)CCOCCOCCOCCC(=O)ON1C(=O)CCC1=O)C(C)C. The minimum atomic E-state index is -0.910. The average molecular weight is 1120 g/mol. The largest absolute Gasteiger partial charge is 0.379 e. The third-order valence-corrected chi connectivity index (χ3v) is 15.5. The molecule has 0 unspecified atom stereocenters. The van der Waals surface area contributed by atoms with Gasteiger partial charge in [-0.25, -0.2) is 9.86 Å². The highest BCUT2D eigenvalue weighted by Crippen LogP contribution is 2.31. The van der Waals surface area contributed by atoms with Crippen LogP contribution in [0.4, 0.5) is 0 Å². The number of methoxy groups -OCH3 is 2. The molecule has 79 heavy (non-hydrogen) atoms. The van der Waals surface area contributed by atoms with Gasteiger partial charge in [-0.3, -0.25) is 43.3 Å². The predicted octanol–water partition coefficient (Wildman–Crippen LogP) is 3.89. The summed E-state index contributed by atoms with van der Waals surface area (Å²) in [6, 6.07) is 6.18. The van der Waals surface area contributed by atoms with E-state index in [9.17, 15) is 38.4 Å². The van der Waals surface area contributed by atoms with Gasteiger partial charge in [-0.1, -0.05) is 92.1 Å². The fraction of sp³-hybridized carbons (Fsp3) is 0.754. The van der Waals surface area contributed by atoms with E-state index in [1.807, 2.05) is 90.7 Å². The molecule has 446 valence electrons. The summed E-state index contributed by atoms with van der Waals surface area (Å²) in [6.45, 7) is 18.5. The number of nitrogens with zero attached hydrogens (tertiary/aromatic N) is 5. The van der Waals surface area contributed by atoms with Crippen LogP contribution in [0.15, 0.2) is 30.3 Å². The van der Waals surface area contributed by atoms with Gasteiger partial charge in [0.05, 0.1) is 95.3 Å². The van der Waals surface area contributed by atoms with E-state index in [4.69, 9.17) is 33.4 Å². The molecule has 0 bridgehead atoms. The Hall–Kier alpha value is -5.10. The zero-order chi connectivity index (χ0) is 58.3. The van der Waals surface area contributed by atoms with Crippen molar-refractivity contribution in [2.45, 2.75) is 162 Å². The van der Waals surface area contributed by atoms with Gasteiger partial charge in [0.1, 0.15) is 12.1 Å². The van der Waals surface area contributed by atoms with Crippen LogP contribution < -0.4 is 10.6 Å². The number of likely N-dealkylation sites (tertiary alicyclic amines) is 1. The van der Waals surface area contributed by atoms with E-state index in [1.165, 1.54) is 19.3 Å². The number of imide groups is 1. The first-order valence-corrected chi connectivity index (χ1v) is 28.4. The zero-order valence-corrected chi connectivity index (χ0v) is 49.1. The zero-order valence-electron chi connectivity index (χ0n) is 49.1. The summed E-state index contributed by atoms with van der Waals surface area (Å²) in [7, 11) is 6.61. The molecule has 4 rings (SSSR count). The van der Waals surface area contributed by atoms with E-state index >= 15 is 0 Å². The van der Waals surface area contributed by atoms with Crippen molar-refractivity contribution < 1.29 is 71.7 Å². The Morgan fingerprint density at radius 2 is 1.37 bits per heavy atom. The van der Waals surface area contributed by atoms with Crippen molar-refractivity contribution in [3.8, 4) is 0 Å². The van der Waals surface area contributed by atoms with Crippen LogP contribution in [0.2, 0.25) is 0 Å². The van der Waals surface area contributed by atoms with Crippen LogP contribution in [-0.2, 0) is 71.7 Å². The number of carbonyl (C=O) groups excluding carboxylic acids is 8. The molecule has 10 atom stereocenters. The fourth-order valence-electron chi connectivity index (χ4n) is 10.7. The number of hydroxylamine groups is 4. The molecule has 0 aliphatic carbocycles. The van der Waals surface area contributed by atoms with E-state index in [0.29, 0.717) is 57.2 Å². The Labute approximate surface area is 468 Å². The maximum absolute atomic E-state index is 14.7. The van der Waals surface area contributed by atoms with Gasteiger partial charge < -0.3 is 49.0 Å². The number of benzene rings is 1. The summed E-state index contributed by atoms with van der Waals surface area (Å²) in [4.78, 5) is 123. The van der Waals surface area contributed by atoms with Crippen LogP contribution >= 0.6 is 0 Å². The van der Waals surface area contributed by atoms with Crippen LogP contribution in [0.1, 0.15) is 125 Å². The number of hydrogen-bond donors (Lipinski definition) is 2. The summed E-state index contributed by atoms with van der Waals surface area (Å²) in [5.41, 5.74) is 0.893. The van der Waals surface area contributed by atoms with E-state index in [1.54, 1.807) is 23.8 Å². The molecule has 0 radical (unpaired) electrons. The molecule has 22 heteroatoms. The quantitative estimate of drug-likeness (QED) is 0.0735. The molecule has 0 spiro atoms. The number of likely N-dealkylation sites (N-methyl/N-ethyl adjacent to an activating group) is 2. The summed E-state index contributed by atoms with van der Waals surface area (Å²) in [6.07, 6.45) is 2.07. The van der Waals surface area contributed by atoms with E-state index < -0.39 is 66.1 Å². The number of carbonyl (C=O) groups is 8. The van der Waals surface area contributed by atoms with Crippen molar-refractivity contribution in [1.82, 2.24) is 35.5 Å². The molecule has 0 saturated carbocycles. The lowest BCUT2D eigenvalue weighted by molar-refractivity contribution is -0.200. The van der Waals surface area contributed by atoms with Crippen LogP contribution in [0.5, 0.6) is 0 Å². The minimum absolute atomic E-state index is 0.0228. The Balaban J connectivity index is 1.32. The molecular formula is C57H93N7O15. The van der Waals surface area contributed by atoms with Gasteiger partial charge in [-0.15, -0.1) is 5.06 Å². The van der Waals surface area contributed by atoms with Crippen molar-refractivity contribution in [3.05, 3.63) is 35.9 Å². The number of amides is 7. The molecule has 3 heterocycles.